The van der Waals surface area contributed by atoms with E-state index in [1.54, 1.807) is 43.3 Å². The predicted octanol–water partition coefficient (Wildman–Crippen LogP) is 2.31. The summed E-state index contributed by atoms with van der Waals surface area (Å²) in [6.07, 6.45) is 0. The number of hydrogen-bond donors (Lipinski definition) is 2. The van der Waals surface area contributed by atoms with Crippen LogP contribution < -0.4 is 11.1 Å². The fourth-order valence-electron chi connectivity index (χ4n) is 1.81. The number of amides is 1. The van der Waals surface area contributed by atoms with Crippen molar-refractivity contribution in [2.45, 2.75) is 11.8 Å². The average molecular weight is 304 g/mol. The van der Waals surface area contributed by atoms with Crippen LogP contribution in [0.2, 0.25) is 0 Å². The minimum absolute atomic E-state index is 0.0409. The number of nitrogens with two attached hydrogens (primary N) is 1. The number of nitrogens with one attached hydrogen (secondary N) is 1. The molecular weight excluding hydrogens is 288 g/mol. The molecule has 0 unspecified atom stereocenters. The van der Waals surface area contributed by atoms with Crippen LogP contribution in [0.15, 0.2) is 53.4 Å². The van der Waals surface area contributed by atoms with Gasteiger partial charge in [0.2, 0.25) is 0 Å². The average Bonchev–Trinajstić information content (AvgIpc) is 2.48. The molecule has 110 valence electrons. The molecule has 21 heavy (non-hydrogen) atoms. The molecule has 1 amide bonds. The van der Waals surface area contributed by atoms with Crippen LogP contribution in [-0.2, 0) is 9.84 Å². The molecule has 0 atom stereocenters. The molecule has 0 saturated heterocycles. The van der Waals surface area contributed by atoms with Gasteiger partial charge >= 0.3 is 0 Å². The number of hydrogen-bond acceptors (Lipinski definition) is 4. The second-order valence-electron chi connectivity index (χ2n) is 4.47. The smallest absolute Gasteiger partial charge is 0.257 e. The Morgan fingerprint density at radius 2 is 1.71 bits per heavy atom. The number of carbonyl (C=O) groups is 1. The third-order valence-electron chi connectivity index (χ3n) is 3.06. The summed E-state index contributed by atoms with van der Waals surface area (Å²) in [5, 5.41) is 2.68. The molecule has 6 heteroatoms. The first-order valence-electron chi connectivity index (χ1n) is 6.42. The molecule has 0 radical (unpaired) electrons. The molecule has 2 aromatic carbocycles. The van der Waals surface area contributed by atoms with Gasteiger partial charge in [0.25, 0.3) is 5.91 Å². The quantitative estimate of drug-likeness (QED) is 0.848. The number of anilines is 2. The van der Waals surface area contributed by atoms with Crippen molar-refractivity contribution in [2.75, 3.05) is 16.8 Å². The summed E-state index contributed by atoms with van der Waals surface area (Å²) in [7, 11) is -3.24. The summed E-state index contributed by atoms with van der Waals surface area (Å²) in [4.78, 5) is 12.3. The zero-order valence-electron chi connectivity index (χ0n) is 11.5. The first kappa shape index (κ1) is 15.1. The van der Waals surface area contributed by atoms with Gasteiger partial charge in [-0.05, 0) is 36.4 Å². The van der Waals surface area contributed by atoms with Gasteiger partial charge in [-0.3, -0.25) is 4.79 Å². The Bertz CT molecular complexity index is 753. The van der Waals surface area contributed by atoms with Crippen molar-refractivity contribution in [2.24, 2.45) is 0 Å². The van der Waals surface area contributed by atoms with E-state index >= 15 is 0 Å². The van der Waals surface area contributed by atoms with Gasteiger partial charge < -0.3 is 11.1 Å². The molecule has 0 fully saturated rings. The van der Waals surface area contributed by atoms with Crippen LogP contribution >= 0.6 is 0 Å². The Labute approximate surface area is 123 Å². The predicted molar refractivity (Wildman–Crippen MR) is 83.0 cm³/mol. The highest BCUT2D eigenvalue weighted by Gasteiger charge is 2.12. The molecule has 0 heterocycles. The molecule has 0 aliphatic carbocycles. The number of para-hydroxylation sites is 1. The van der Waals surface area contributed by atoms with Gasteiger partial charge in [0, 0.05) is 11.4 Å². The maximum absolute atomic E-state index is 12.1. The van der Waals surface area contributed by atoms with E-state index in [4.69, 9.17) is 5.73 Å². The summed E-state index contributed by atoms with van der Waals surface area (Å²) >= 11 is 0. The first-order valence-corrected chi connectivity index (χ1v) is 8.08. The molecule has 0 spiro atoms. The molecular formula is C15H16N2O3S. The lowest BCUT2D eigenvalue weighted by molar-refractivity contribution is 0.102. The van der Waals surface area contributed by atoms with Gasteiger partial charge in [0.05, 0.1) is 16.2 Å². The minimum Gasteiger partial charge on any atom is -0.398 e. The van der Waals surface area contributed by atoms with E-state index in [9.17, 15) is 13.2 Å². The molecule has 0 bridgehead atoms. The lowest BCUT2D eigenvalue weighted by atomic mass is 10.1. The molecule has 0 aliphatic heterocycles. The van der Waals surface area contributed by atoms with Gasteiger partial charge in [-0.15, -0.1) is 0 Å². The van der Waals surface area contributed by atoms with Crippen molar-refractivity contribution in [3.63, 3.8) is 0 Å². The van der Waals surface area contributed by atoms with Crippen molar-refractivity contribution < 1.29 is 13.2 Å². The second-order valence-corrected chi connectivity index (χ2v) is 6.75. The van der Waals surface area contributed by atoms with Crippen LogP contribution in [0.25, 0.3) is 0 Å². The van der Waals surface area contributed by atoms with Crippen molar-refractivity contribution in [3.05, 3.63) is 54.1 Å². The van der Waals surface area contributed by atoms with Crippen molar-refractivity contribution >= 4 is 27.1 Å². The molecule has 0 aliphatic rings. The largest absolute Gasteiger partial charge is 0.398 e. The minimum atomic E-state index is -3.24. The van der Waals surface area contributed by atoms with Crippen molar-refractivity contribution in [3.8, 4) is 0 Å². The zero-order valence-corrected chi connectivity index (χ0v) is 12.4. The van der Waals surface area contributed by atoms with Crippen LogP contribution in [0.3, 0.4) is 0 Å². The second kappa shape index (κ2) is 5.97. The number of nitrogen functional groups attached to an aromatic ring is 1. The van der Waals surface area contributed by atoms with E-state index in [0.29, 0.717) is 16.9 Å². The molecule has 5 nitrogen and oxygen atoms in total. The fraction of sp³-hybridized carbons (Fsp3) is 0.133. The molecule has 2 aromatic rings. The Balaban J connectivity index is 2.18. The normalized spacial score (nSPS) is 11.1. The number of sulfone groups is 1. The highest BCUT2D eigenvalue weighted by atomic mass is 32.2. The highest BCUT2D eigenvalue weighted by Crippen LogP contribution is 2.17. The third kappa shape index (κ3) is 3.41. The monoisotopic (exact) mass is 304 g/mol. The topological polar surface area (TPSA) is 89.3 Å². The highest BCUT2D eigenvalue weighted by molar-refractivity contribution is 7.91. The Morgan fingerprint density at radius 1 is 1.10 bits per heavy atom. The van der Waals surface area contributed by atoms with Crippen LogP contribution in [0.5, 0.6) is 0 Å². The van der Waals surface area contributed by atoms with Gasteiger partial charge in [-0.1, -0.05) is 19.1 Å². The summed E-state index contributed by atoms with van der Waals surface area (Å²) in [6.45, 7) is 1.59. The van der Waals surface area contributed by atoms with E-state index < -0.39 is 9.84 Å². The van der Waals surface area contributed by atoms with E-state index in [-0.39, 0.29) is 16.6 Å². The van der Waals surface area contributed by atoms with Crippen LogP contribution in [-0.4, -0.2) is 20.1 Å². The third-order valence-corrected chi connectivity index (χ3v) is 4.81. The van der Waals surface area contributed by atoms with Gasteiger partial charge in [0.1, 0.15) is 0 Å². The number of carbonyl (C=O) groups excluding carboxylic acids is 1. The Morgan fingerprint density at radius 3 is 2.29 bits per heavy atom. The van der Waals surface area contributed by atoms with E-state index in [1.165, 1.54) is 12.1 Å². The van der Waals surface area contributed by atoms with Crippen molar-refractivity contribution in [1.82, 2.24) is 0 Å². The summed E-state index contributed by atoms with van der Waals surface area (Å²) in [6, 6.07) is 12.8. The van der Waals surface area contributed by atoms with Gasteiger partial charge in [-0.25, -0.2) is 8.42 Å². The summed E-state index contributed by atoms with van der Waals surface area (Å²) < 4.78 is 23.4. The Hall–Kier alpha value is -2.34. The van der Waals surface area contributed by atoms with E-state index in [0.717, 1.165) is 0 Å². The van der Waals surface area contributed by atoms with E-state index in [2.05, 4.69) is 5.32 Å². The lowest BCUT2D eigenvalue weighted by Crippen LogP contribution is -2.14. The van der Waals surface area contributed by atoms with Crippen LogP contribution in [0.4, 0.5) is 11.4 Å². The van der Waals surface area contributed by atoms with Gasteiger partial charge in [-0.2, -0.15) is 0 Å². The van der Waals surface area contributed by atoms with E-state index in [1.807, 2.05) is 0 Å². The Kier molecular flexibility index (Phi) is 4.28. The lowest BCUT2D eigenvalue weighted by Gasteiger charge is -2.08. The zero-order chi connectivity index (χ0) is 15.5. The van der Waals surface area contributed by atoms with Crippen LogP contribution in [0.1, 0.15) is 17.3 Å². The summed E-state index contributed by atoms with van der Waals surface area (Å²) in [5.74, 6) is -0.293. The number of rotatable bonds is 4. The maximum atomic E-state index is 12.1. The summed E-state index contributed by atoms with van der Waals surface area (Å²) in [5.41, 5.74) is 7.01. The maximum Gasteiger partial charge on any atom is 0.257 e. The van der Waals surface area contributed by atoms with Crippen LogP contribution in [0, 0.1) is 0 Å². The van der Waals surface area contributed by atoms with Crippen molar-refractivity contribution in [1.29, 1.82) is 0 Å². The number of benzene rings is 2. The fourth-order valence-corrected chi connectivity index (χ4v) is 2.70. The first-order chi connectivity index (χ1) is 9.94. The molecule has 0 aromatic heterocycles. The molecule has 0 saturated carbocycles. The molecule has 2 rings (SSSR count). The standard InChI is InChI=1S/C15H16N2O3S/c1-2-21(19,20)12-9-7-11(8-10-12)17-15(18)13-5-3-4-6-14(13)16/h3-10H,2,16H2,1H3,(H,17,18). The molecule has 3 N–H and O–H groups in total. The SMILES string of the molecule is CCS(=O)(=O)c1ccc(NC(=O)c2ccccc2N)cc1. The van der Waals surface area contributed by atoms with Gasteiger partial charge in [0.15, 0.2) is 9.84 Å².